The molecule has 0 spiro atoms. The Kier molecular flexibility index (Phi) is 6.82. The molecule has 0 saturated carbocycles. The Labute approximate surface area is 149 Å². The van der Waals surface area contributed by atoms with E-state index < -0.39 is 23.2 Å². The lowest BCUT2D eigenvalue weighted by atomic mass is 9.94. The van der Waals surface area contributed by atoms with Crippen LogP contribution >= 0.6 is 0 Å². The molecule has 0 unspecified atom stereocenters. The molecule has 1 heterocycles. The smallest absolute Gasteiger partial charge is 0.388 e. The van der Waals surface area contributed by atoms with Crippen LogP contribution in [0, 0.1) is 5.82 Å². The van der Waals surface area contributed by atoms with Crippen molar-refractivity contribution in [3.8, 4) is 0 Å². The minimum absolute atomic E-state index is 0.124. The van der Waals surface area contributed by atoms with Gasteiger partial charge in [-0.3, -0.25) is 0 Å². The highest BCUT2D eigenvalue weighted by Gasteiger charge is 2.34. The molecule has 2 rings (SSSR count). The van der Waals surface area contributed by atoms with E-state index in [0.717, 1.165) is 12.1 Å². The largest absolute Gasteiger partial charge is 0.416 e. The molecule has 1 fully saturated rings. The van der Waals surface area contributed by atoms with Crippen LogP contribution in [0.5, 0.6) is 0 Å². The van der Waals surface area contributed by atoms with Gasteiger partial charge in [0.1, 0.15) is 5.82 Å². The summed E-state index contributed by atoms with van der Waals surface area (Å²) in [5.41, 5.74) is -2.11. The Morgan fingerprint density at radius 3 is 2.58 bits per heavy atom. The molecule has 3 N–H and O–H groups in total. The van der Waals surface area contributed by atoms with Crippen molar-refractivity contribution < 1.29 is 27.4 Å². The number of nitrogens with one attached hydrogen (secondary N) is 2. The van der Waals surface area contributed by atoms with Gasteiger partial charge in [-0.05, 0) is 24.6 Å². The normalized spacial score (nSPS) is 17.8. The third-order valence-corrected chi connectivity index (χ3v) is 4.14. The zero-order chi connectivity index (χ0) is 19.2. The SMILES string of the molecule is CCNC(=NCc1ccc(F)cc1C(F)(F)F)NCC1(O)CCOCC1. The van der Waals surface area contributed by atoms with E-state index in [1.54, 1.807) is 0 Å². The monoisotopic (exact) mass is 377 g/mol. The number of hydrogen-bond acceptors (Lipinski definition) is 3. The Balaban J connectivity index is 2.09. The molecule has 0 atom stereocenters. The fraction of sp³-hybridized carbons (Fsp3) is 0.588. The first kappa shape index (κ1) is 20.4. The van der Waals surface area contributed by atoms with E-state index in [-0.39, 0.29) is 24.6 Å². The highest BCUT2D eigenvalue weighted by Crippen LogP contribution is 2.32. The topological polar surface area (TPSA) is 65.9 Å². The molecule has 1 aliphatic rings. The summed E-state index contributed by atoms with van der Waals surface area (Å²) < 4.78 is 57.5. The number of alkyl halides is 3. The fourth-order valence-electron chi connectivity index (χ4n) is 2.63. The van der Waals surface area contributed by atoms with Gasteiger partial charge in [-0.15, -0.1) is 0 Å². The van der Waals surface area contributed by atoms with E-state index in [1.807, 2.05) is 6.92 Å². The van der Waals surface area contributed by atoms with Crippen molar-refractivity contribution >= 4 is 5.96 Å². The van der Waals surface area contributed by atoms with Gasteiger partial charge in [0, 0.05) is 39.1 Å². The van der Waals surface area contributed by atoms with Crippen molar-refractivity contribution in [2.45, 2.75) is 38.1 Å². The van der Waals surface area contributed by atoms with Crippen molar-refractivity contribution in [2.75, 3.05) is 26.3 Å². The Morgan fingerprint density at radius 1 is 1.27 bits per heavy atom. The molecule has 0 bridgehead atoms. The molecule has 0 amide bonds. The van der Waals surface area contributed by atoms with Gasteiger partial charge in [0.15, 0.2) is 5.96 Å². The number of rotatable bonds is 5. The Bertz CT molecular complexity index is 629. The number of guanidine groups is 1. The molecular weight excluding hydrogens is 354 g/mol. The van der Waals surface area contributed by atoms with Crippen LogP contribution in [-0.2, 0) is 17.5 Å². The molecule has 9 heteroatoms. The molecule has 1 aromatic rings. The molecule has 1 saturated heterocycles. The number of aliphatic imine (C=N–C) groups is 1. The second kappa shape index (κ2) is 8.68. The highest BCUT2D eigenvalue weighted by molar-refractivity contribution is 5.79. The molecule has 0 radical (unpaired) electrons. The van der Waals surface area contributed by atoms with Crippen LogP contribution in [0.4, 0.5) is 17.6 Å². The van der Waals surface area contributed by atoms with Crippen molar-refractivity contribution in [1.29, 1.82) is 0 Å². The van der Waals surface area contributed by atoms with Crippen LogP contribution in [0.15, 0.2) is 23.2 Å². The van der Waals surface area contributed by atoms with E-state index in [1.165, 1.54) is 0 Å². The average Bonchev–Trinajstić information content (AvgIpc) is 2.58. The van der Waals surface area contributed by atoms with Gasteiger partial charge in [-0.2, -0.15) is 13.2 Å². The van der Waals surface area contributed by atoms with Gasteiger partial charge in [-0.1, -0.05) is 6.07 Å². The van der Waals surface area contributed by atoms with Crippen LogP contribution in [0.1, 0.15) is 30.9 Å². The molecule has 5 nitrogen and oxygen atoms in total. The summed E-state index contributed by atoms with van der Waals surface area (Å²) in [4.78, 5) is 4.13. The third kappa shape index (κ3) is 5.84. The highest BCUT2D eigenvalue weighted by atomic mass is 19.4. The maximum absolute atomic E-state index is 13.2. The van der Waals surface area contributed by atoms with Gasteiger partial charge in [0.25, 0.3) is 0 Å². The van der Waals surface area contributed by atoms with Crippen molar-refractivity contribution in [3.05, 3.63) is 35.1 Å². The summed E-state index contributed by atoms with van der Waals surface area (Å²) in [5.74, 6) is -0.665. The van der Waals surface area contributed by atoms with Crippen molar-refractivity contribution in [2.24, 2.45) is 4.99 Å². The summed E-state index contributed by atoms with van der Waals surface area (Å²) >= 11 is 0. The Morgan fingerprint density at radius 2 is 1.96 bits per heavy atom. The third-order valence-electron chi connectivity index (χ3n) is 4.14. The minimum atomic E-state index is -4.66. The summed E-state index contributed by atoms with van der Waals surface area (Å²) in [6.07, 6.45) is -3.72. The summed E-state index contributed by atoms with van der Waals surface area (Å²) in [6.45, 7) is 3.17. The standard InChI is InChI=1S/C17H23F4N3O2/c1-2-22-15(24-11-16(25)5-7-26-8-6-16)23-10-12-3-4-13(18)9-14(12)17(19,20)21/h3-4,9,25H,2,5-8,10-11H2,1H3,(H2,22,23,24). The molecule has 1 aliphatic heterocycles. The van der Waals surface area contributed by atoms with Crippen molar-refractivity contribution in [3.63, 3.8) is 0 Å². The van der Waals surface area contributed by atoms with Crippen LogP contribution in [-0.4, -0.2) is 43.0 Å². The number of hydrogen-bond donors (Lipinski definition) is 3. The van der Waals surface area contributed by atoms with Crippen molar-refractivity contribution in [1.82, 2.24) is 10.6 Å². The van der Waals surface area contributed by atoms with Gasteiger partial charge >= 0.3 is 6.18 Å². The predicted octanol–water partition coefficient (Wildman–Crippen LogP) is 2.44. The van der Waals surface area contributed by atoms with Crippen LogP contribution in [0.2, 0.25) is 0 Å². The summed E-state index contributed by atoms with van der Waals surface area (Å²) in [6, 6.07) is 2.53. The van der Waals surface area contributed by atoms with Gasteiger partial charge in [-0.25, -0.2) is 9.38 Å². The van der Waals surface area contributed by atoms with Crippen LogP contribution in [0.25, 0.3) is 0 Å². The van der Waals surface area contributed by atoms with E-state index in [0.29, 0.717) is 38.7 Å². The first-order valence-electron chi connectivity index (χ1n) is 8.41. The predicted molar refractivity (Wildman–Crippen MR) is 89.2 cm³/mol. The first-order valence-corrected chi connectivity index (χ1v) is 8.41. The van der Waals surface area contributed by atoms with E-state index in [2.05, 4.69) is 15.6 Å². The van der Waals surface area contributed by atoms with Crippen LogP contribution in [0.3, 0.4) is 0 Å². The lowest BCUT2D eigenvalue weighted by Crippen LogP contribution is -2.49. The molecule has 26 heavy (non-hydrogen) atoms. The molecule has 1 aromatic carbocycles. The molecule has 146 valence electrons. The first-order chi connectivity index (χ1) is 12.2. The second-order valence-corrected chi connectivity index (χ2v) is 6.18. The second-order valence-electron chi connectivity index (χ2n) is 6.18. The van der Waals surface area contributed by atoms with Crippen LogP contribution < -0.4 is 10.6 Å². The number of halogens is 4. The lowest BCUT2D eigenvalue weighted by molar-refractivity contribution is -0.138. The lowest BCUT2D eigenvalue weighted by Gasteiger charge is -2.32. The maximum Gasteiger partial charge on any atom is 0.416 e. The van der Waals surface area contributed by atoms with Gasteiger partial charge in [0.2, 0.25) is 0 Å². The van der Waals surface area contributed by atoms with E-state index in [4.69, 9.17) is 4.74 Å². The van der Waals surface area contributed by atoms with Gasteiger partial charge in [0.05, 0.1) is 17.7 Å². The number of benzene rings is 1. The minimum Gasteiger partial charge on any atom is -0.388 e. The van der Waals surface area contributed by atoms with E-state index >= 15 is 0 Å². The number of ether oxygens (including phenoxy) is 1. The van der Waals surface area contributed by atoms with E-state index in [9.17, 15) is 22.7 Å². The zero-order valence-corrected chi connectivity index (χ0v) is 14.5. The summed E-state index contributed by atoms with van der Waals surface area (Å²) in [5, 5.41) is 16.3. The number of aliphatic hydroxyl groups is 1. The summed E-state index contributed by atoms with van der Waals surface area (Å²) in [7, 11) is 0. The maximum atomic E-state index is 13.2. The zero-order valence-electron chi connectivity index (χ0n) is 14.5. The average molecular weight is 377 g/mol. The quantitative estimate of drug-likeness (QED) is 0.419. The molecular formula is C17H23F4N3O2. The number of nitrogens with zero attached hydrogens (tertiary/aromatic N) is 1. The molecule has 0 aromatic heterocycles. The van der Waals surface area contributed by atoms with Gasteiger partial charge < -0.3 is 20.5 Å². The fourth-order valence-corrected chi connectivity index (χ4v) is 2.63. The molecule has 0 aliphatic carbocycles. The Hall–Kier alpha value is -1.87.